The molecule has 142 valence electrons. The fraction of sp³-hybridized carbons (Fsp3) is 0.632. The van der Waals surface area contributed by atoms with E-state index in [2.05, 4.69) is 68.5 Å². The van der Waals surface area contributed by atoms with Crippen LogP contribution in [0.3, 0.4) is 0 Å². The summed E-state index contributed by atoms with van der Waals surface area (Å²) in [6.45, 7) is 9.10. The molecule has 6 heteroatoms. The molecule has 1 saturated heterocycles. The Kier molecular flexibility index (Phi) is 11.0. The van der Waals surface area contributed by atoms with Crippen LogP contribution in [0.5, 0.6) is 0 Å². The van der Waals surface area contributed by atoms with Crippen molar-refractivity contribution < 1.29 is 0 Å². The van der Waals surface area contributed by atoms with Crippen LogP contribution < -0.4 is 10.6 Å². The van der Waals surface area contributed by atoms with Gasteiger partial charge in [0.05, 0.1) is 6.04 Å². The Morgan fingerprint density at radius 3 is 2.60 bits per heavy atom. The number of likely N-dealkylation sites (tertiary alicyclic amines) is 1. The fourth-order valence-electron chi connectivity index (χ4n) is 3.29. The lowest BCUT2D eigenvalue weighted by atomic mass is 9.93. The second-order valence-electron chi connectivity index (χ2n) is 6.55. The van der Waals surface area contributed by atoms with Crippen molar-refractivity contribution in [2.75, 3.05) is 33.2 Å². The van der Waals surface area contributed by atoms with E-state index >= 15 is 0 Å². The van der Waals surface area contributed by atoms with Gasteiger partial charge in [0.15, 0.2) is 5.96 Å². The molecule has 1 atom stereocenters. The maximum Gasteiger partial charge on any atom is 0.191 e. The predicted molar refractivity (Wildman–Crippen MR) is 122 cm³/mol. The van der Waals surface area contributed by atoms with Gasteiger partial charge < -0.3 is 15.5 Å². The number of halogens is 2. The fourth-order valence-corrected chi connectivity index (χ4v) is 3.92. The van der Waals surface area contributed by atoms with E-state index in [1.54, 1.807) is 0 Å². The molecule has 25 heavy (non-hydrogen) atoms. The molecule has 4 nitrogen and oxygen atoms in total. The highest BCUT2D eigenvalue weighted by Gasteiger charge is 2.18. The van der Waals surface area contributed by atoms with Gasteiger partial charge in [-0.1, -0.05) is 41.1 Å². The number of hydrogen-bond acceptors (Lipinski definition) is 2. The Bertz CT molecular complexity index is 530. The molecule has 0 amide bonds. The third-order valence-electron chi connectivity index (χ3n) is 4.95. The highest BCUT2D eigenvalue weighted by atomic mass is 127. The van der Waals surface area contributed by atoms with Crippen molar-refractivity contribution >= 4 is 45.9 Å². The van der Waals surface area contributed by atoms with Crippen molar-refractivity contribution in [2.24, 2.45) is 10.9 Å². The first-order chi connectivity index (χ1) is 11.6. The van der Waals surface area contributed by atoms with Gasteiger partial charge in [0.1, 0.15) is 0 Å². The first-order valence-corrected chi connectivity index (χ1v) is 9.87. The molecular weight excluding hydrogens is 491 g/mol. The number of nitrogens with one attached hydrogen (secondary N) is 2. The van der Waals surface area contributed by atoms with Gasteiger partial charge in [0.2, 0.25) is 0 Å². The molecule has 0 saturated carbocycles. The Morgan fingerprint density at radius 1 is 1.32 bits per heavy atom. The lowest BCUT2D eigenvalue weighted by Crippen LogP contribution is -2.40. The second-order valence-corrected chi connectivity index (χ2v) is 7.41. The zero-order valence-electron chi connectivity index (χ0n) is 15.6. The lowest BCUT2D eigenvalue weighted by Gasteiger charge is -2.31. The quantitative estimate of drug-likeness (QED) is 0.330. The minimum Gasteiger partial charge on any atom is -0.356 e. The monoisotopic (exact) mass is 522 g/mol. The SMILES string of the molecule is CCN1CCC(CCNC(=NC)NC(C)c2ccccc2Br)CC1.I. The molecule has 1 aromatic carbocycles. The summed E-state index contributed by atoms with van der Waals surface area (Å²) in [7, 11) is 1.84. The van der Waals surface area contributed by atoms with Gasteiger partial charge in [-0.05, 0) is 63.4 Å². The highest BCUT2D eigenvalue weighted by molar-refractivity contribution is 14.0. The standard InChI is InChI=1S/C19H31BrN4.HI/c1-4-24-13-10-16(11-14-24)9-12-22-19(21-3)23-15(2)17-7-5-6-8-18(17)20;/h5-8,15-16H,4,9-14H2,1-3H3,(H2,21,22,23);1H. The molecule has 0 bridgehead atoms. The van der Waals surface area contributed by atoms with Crippen LogP contribution in [0.25, 0.3) is 0 Å². The van der Waals surface area contributed by atoms with Crippen LogP contribution >= 0.6 is 39.9 Å². The van der Waals surface area contributed by atoms with E-state index in [1.165, 1.54) is 44.5 Å². The number of aliphatic imine (C=N–C) groups is 1. The third kappa shape index (κ3) is 7.43. The first-order valence-electron chi connectivity index (χ1n) is 9.08. The zero-order valence-corrected chi connectivity index (χ0v) is 19.5. The van der Waals surface area contributed by atoms with Crippen molar-refractivity contribution in [3.8, 4) is 0 Å². The molecular formula is C19H32BrIN4. The van der Waals surface area contributed by atoms with E-state index in [4.69, 9.17) is 0 Å². The van der Waals surface area contributed by atoms with Crippen molar-refractivity contribution in [3.05, 3.63) is 34.3 Å². The predicted octanol–water partition coefficient (Wildman–Crippen LogP) is 4.42. The average molecular weight is 523 g/mol. The van der Waals surface area contributed by atoms with Gasteiger partial charge in [-0.15, -0.1) is 24.0 Å². The summed E-state index contributed by atoms with van der Waals surface area (Å²) in [6, 6.07) is 8.52. The Hall–Kier alpha value is -0.340. The molecule has 0 aromatic heterocycles. The molecule has 1 unspecified atom stereocenters. The summed E-state index contributed by atoms with van der Waals surface area (Å²) >= 11 is 3.62. The van der Waals surface area contributed by atoms with E-state index in [0.717, 1.165) is 22.9 Å². The van der Waals surface area contributed by atoms with Gasteiger partial charge in [0.25, 0.3) is 0 Å². The minimum atomic E-state index is 0. The van der Waals surface area contributed by atoms with Crippen molar-refractivity contribution in [3.63, 3.8) is 0 Å². The van der Waals surface area contributed by atoms with Crippen LogP contribution in [0, 0.1) is 5.92 Å². The zero-order chi connectivity index (χ0) is 17.4. The summed E-state index contributed by atoms with van der Waals surface area (Å²) < 4.78 is 1.13. The molecule has 1 aliphatic rings. The topological polar surface area (TPSA) is 39.7 Å². The number of nitrogens with zero attached hydrogens (tertiary/aromatic N) is 2. The summed E-state index contributed by atoms with van der Waals surface area (Å²) in [5.74, 6) is 1.73. The van der Waals surface area contributed by atoms with Gasteiger partial charge >= 0.3 is 0 Å². The molecule has 0 spiro atoms. The molecule has 1 aliphatic heterocycles. The number of hydrogen-bond donors (Lipinski definition) is 2. The maximum atomic E-state index is 4.36. The largest absolute Gasteiger partial charge is 0.356 e. The summed E-state index contributed by atoms with van der Waals surface area (Å²) in [4.78, 5) is 6.91. The molecule has 2 N–H and O–H groups in total. The van der Waals surface area contributed by atoms with Gasteiger partial charge in [-0.2, -0.15) is 0 Å². The van der Waals surface area contributed by atoms with Crippen LogP contribution in [0.4, 0.5) is 0 Å². The second kappa shape index (κ2) is 12.1. The number of rotatable bonds is 6. The number of benzene rings is 1. The van der Waals surface area contributed by atoms with E-state index in [0.29, 0.717) is 0 Å². The van der Waals surface area contributed by atoms with Crippen molar-refractivity contribution in [2.45, 2.75) is 39.2 Å². The normalized spacial score (nSPS) is 17.7. The Balaban J connectivity index is 0.00000312. The molecule has 1 heterocycles. The molecule has 1 fully saturated rings. The summed E-state index contributed by atoms with van der Waals surface area (Å²) in [5, 5.41) is 6.95. The van der Waals surface area contributed by atoms with Gasteiger partial charge in [-0.25, -0.2) is 0 Å². The van der Waals surface area contributed by atoms with Crippen molar-refractivity contribution in [1.29, 1.82) is 0 Å². The van der Waals surface area contributed by atoms with Crippen LogP contribution in [0.15, 0.2) is 33.7 Å². The molecule has 0 aliphatic carbocycles. The minimum absolute atomic E-state index is 0. The Morgan fingerprint density at radius 2 is 2.00 bits per heavy atom. The number of piperidine rings is 1. The average Bonchev–Trinajstić information content (AvgIpc) is 2.61. The van der Waals surface area contributed by atoms with Crippen LogP contribution in [0.2, 0.25) is 0 Å². The highest BCUT2D eigenvalue weighted by Crippen LogP contribution is 2.22. The van der Waals surface area contributed by atoms with E-state index < -0.39 is 0 Å². The van der Waals surface area contributed by atoms with E-state index in [9.17, 15) is 0 Å². The van der Waals surface area contributed by atoms with Crippen molar-refractivity contribution in [1.82, 2.24) is 15.5 Å². The smallest absolute Gasteiger partial charge is 0.191 e. The molecule has 1 aromatic rings. The summed E-state index contributed by atoms with van der Waals surface area (Å²) in [6.07, 6.45) is 3.88. The van der Waals surface area contributed by atoms with Gasteiger partial charge in [-0.3, -0.25) is 4.99 Å². The molecule has 0 radical (unpaired) electrons. The lowest BCUT2D eigenvalue weighted by molar-refractivity contribution is 0.187. The summed E-state index contributed by atoms with van der Waals surface area (Å²) in [5.41, 5.74) is 1.24. The third-order valence-corrected chi connectivity index (χ3v) is 5.67. The first kappa shape index (κ1) is 22.7. The van der Waals surface area contributed by atoms with Crippen LogP contribution in [0.1, 0.15) is 44.7 Å². The van der Waals surface area contributed by atoms with Crippen LogP contribution in [-0.4, -0.2) is 44.1 Å². The van der Waals surface area contributed by atoms with Crippen LogP contribution in [-0.2, 0) is 0 Å². The van der Waals surface area contributed by atoms with E-state index in [-0.39, 0.29) is 30.0 Å². The number of guanidine groups is 1. The van der Waals surface area contributed by atoms with Gasteiger partial charge in [0, 0.05) is 18.1 Å². The molecule has 2 rings (SSSR count). The maximum absolute atomic E-state index is 4.36. The Labute approximate surface area is 178 Å². The van der Waals surface area contributed by atoms with E-state index in [1.807, 2.05) is 13.1 Å².